The highest BCUT2D eigenvalue weighted by Crippen LogP contribution is 2.26. The monoisotopic (exact) mass is 321 g/mol. The Kier molecular flexibility index (Phi) is 4.93. The lowest BCUT2D eigenvalue weighted by atomic mass is 10.1. The number of aliphatic hydroxyl groups excluding tert-OH is 1. The first kappa shape index (κ1) is 14.0. The van der Waals surface area contributed by atoms with E-state index >= 15 is 0 Å². The molecule has 1 aromatic carbocycles. The average Bonchev–Trinajstić information content (AvgIpc) is 2.41. The van der Waals surface area contributed by atoms with Crippen LogP contribution in [0.2, 0.25) is 0 Å². The molecular formula is C15H16BrNO2. The quantitative estimate of drug-likeness (QED) is 0.912. The number of nitrogens with zero attached hydrogens (tertiary/aromatic N) is 1. The molecule has 0 amide bonds. The maximum Gasteiger partial charge on any atom is 0.128 e. The number of aromatic nitrogens is 1. The second-order valence-electron chi connectivity index (χ2n) is 4.43. The van der Waals surface area contributed by atoms with Gasteiger partial charge in [-0.2, -0.15) is 0 Å². The highest BCUT2D eigenvalue weighted by Gasteiger charge is 2.16. The van der Waals surface area contributed by atoms with E-state index in [-0.39, 0.29) is 6.10 Å². The van der Waals surface area contributed by atoms with Crippen LogP contribution in [-0.4, -0.2) is 16.2 Å². The number of ether oxygens (including phenoxy) is 1. The fourth-order valence-corrected chi connectivity index (χ4v) is 2.07. The van der Waals surface area contributed by atoms with Crippen molar-refractivity contribution >= 4 is 15.9 Å². The Labute approximate surface area is 121 Å². The third-order valence-corrected chi connectivity index (χ3v) is 3.23. The van der Waals surface area contributed by atoms with E-state index in [1.165, 1.54) is 0 Å². The molecule has 2 atom stereocenters. The molecule has 0 aliphatic heterocycles. The van der Waals surface area contributed by atoms with Gasteiger partial charge in [0.15, 0.2) is 0 Å². The van der Waals surface area contributed by atoms with Crippen LogP contribution in [0.1, 0.15) is 25.0 Å². The molecule has 0 saturated carbocycles. The molecule has 100 valence electrons. The van der Waals surface area contributed by atoms with Gasteiger partial charge in [0, 0.05) is 28.9 Å². The summed E-state index contributed by atoms with van der Waals surface area (Å²) in [6.45, 7) is 1.76. The molecule has 0 aliphatic rings. The van der Waals surface area contributed by atoms with E-state index in [0.717, 1.165) is 15.8 Å². The number of rotatable bonds is 5. The van der Waals surface area contributed by atoms with Gasteiger partial charge >= 0.3 is 0 Å². The van der Waals surface area contributed by atoms with Gasteiger partial charge in [0.1, 0.15) is 11.9 Å². The lowest BCUT2D eigenvalue weighted by Gasteiger charge is -2.20. The van der Waals surface area contributed by atoms with Crippen LogP contribution >= 0.6 is 15.9 Å². The predicted molar refractivity (Wildman–Crippen MR) is 78.0 cm³/mol. The topological polar surface area (TPSA) is 42.4 Å². The van der Waals surface area contributed by atoms with Crippen molar-refractivity contribution in [1.82, 2.24) is 4.98 Å². The van der Waals surface area contributed by atoms with Crippen molar-refractivity contribution in [2.45, 2.75) is 25.6 Å². The van der Waals surface area contributed by atoms with Gasteiger partial charge in [-0.15, -0.1) is 0 Å². The standard InChI is InChI=1S/C15H16BrNO2/c1-11(18)9-15(12-3-2-8-17-10-12)19-14-6-4-13(16)5-7-14/h2-8,10-11,15,18H,9H2,1H3/t11-,15?/m1/s1. The van der Waals surface area contributed by atoms with Gasteiger partial charge in [-0.25, -0.2) is 0 Å². The maximum absolute atomic E-state index is 9.60. The van der Waals surface area contributed by atoms with Crippen molar-refractivity contribution in [3.05, 3.63) is 58.8 Å². The van der Waals surface area contributed by atoms with E-state index in [1.807, 2.05) is 36.4 Å². The second-order valence-corrected chi connectivity index (χ2v) is 5.35. The van der Waals surface area contributed by atoms with E-state index in [4.69, 9.17) is 4.74 Å². The molecule has 0 saturated heterocycles. The van der Waals surface area contributed by atoms with Crippen molar-refractivity contribution in [2.75, 3.05) is 0 Å². The summed E-state index contributed by atoms with van der Waals surface area (Å²) >= 11 is 3.39. The molecule has 2 rings (SSSR count). The van der Waals surface area contributed by atoms with Crippen molar-refractivity contribution in [3.63, 3.8) is 0 Å². The minimum atomic E-state index is -0.430. The van der Waals surface area contributed by atoms with Gasteiger partial charge in [0.05, 0.1) is 6.10 Å². The first-order valence-corrected chi connectivity index (χ1v) is 6.94. The number of halogens is 1. The summed E-state index contributed by atoms with van der Waals surface area (Å²) in [7, 11) is 0. The van der Waals surface area contributed by atoms with E-state index in [0.29, 0.717) is 6.42 Å². The van der Waals surface area contributed by atoms with Crippen LogP contribution in [0.5, 0.6) is 5.75 Å². The Morgan fingerprint density at radius 3 is 2.58 bits per heavy atom. The Morgan fingerprint density at radius 2 is 2.00 bits per heavy atom. The van der Waals surface area contributed by atoms with Gasteiger partial charge in [-0.3, -0.25) is 4.98 Å². The van der Waals surface area contributed by atoms with Crippen LogP contribution in [-0.2, 0) is 0 Å². The summed E-state index contributed by atoms with van der Waals surface area (Å²) in [5.41, 5.74) is 0.964. The Balaban J connectivity index is 2.16. The Hall–Kier alpha value is -1.39. The molecule has 3 nitrogen and oxygen atoms in total. The van der Waals surface area contributed by atoms with Gasteiger partial charge in [-0.1, -0.05) is 22.0 Å². The summed E-state index contributed by atoms with van der Waals surface area (Å²) in [6.07, 6.45) is 3.39. The number of hydrogen-bond donors (Lipinski definition) is 1. The van der Waals surface area contributed by atoms with Gasteiger partial charge in [0.25, 0.3) is 0 Å². The molecule has 0 radical (unpaired) electrons. The molecule has 0 bridgehead atoms. The fraction of sp³-hybridized carbons (Fsp3) is 0.267. The molecule has 1 unspecified atom stereocenters. The third-order valence-electron chi connectivity index (χ3n) is 2.70. The molecule has 1 heterocycles. The number of hydrogen-bond acceptors (Lipinski definition) is 3. The smallest absolute Gasteiger partial charge is 0.128 e. The molecule has 0 aliphatic carbocycles. The van der Waals surface area contributed by atoms with E-state index in [1.54, 1.807) is 19.3 Å². The molecule has 0 spiro atoms. The molecule has 19 heavy (non-hydrogen) atoms. The predicted octanol–water partition coefficient (Wildman–Crippen LogP) is 3.74. The first-order valence-electron chi connectivity index (χ1n) is 6.15. The summed E-state index contributed by atoms with van der Waals surface area (Å²) in [4.78, 5) is 4.10. The van der Waals surface area contributed by atoms with Crippen molar-refractivity contribution in [3.8, 4) is 5.75 Å². The van der Waals surface area contributed by atoms with Crippen LogP contribution in [0.15, 0.2) is 53.3 Å². The minimum absolute atomic E-state index is 0.199. The highest BCUT2D eigenvalue weighted by molar-refractivity contribution is 9.10. The summed E-state index contributed by atoms with van der Waals surface area (Å²) in [5.74, 6) is 0.776. The van der Waals surface area contributed by atoms with E-state index in [2.05, 4.69) is 20.9 Å². The van der Waals surface area contributed by atoms with Gasteiger partial charge in [-0.05, 0) is 37.3 Å². The normalized spacial score (nSPS) is 13.8. The zero-order chi connectivity index (χ0) is 13.7. The largest absolute Gasteiger partial charge is 0.486 e. The highest BCUT2D eigenvalue weighted by atomic mass is 79.9. The summed E-state index contributed by atoms with van der Waals surface area (Å²) in [6, 6.07) is 11.5. The minimum Gasteiger partial charge on any atom is -0.486 e. The van der Waals surface area contributed by atoms with Crippen molar-refractivity contribution < 1.29 is 9.84 Å². The van der Waals surface area contributed by atoms with Crippen LogP contribution in [0.3, 0.4) is 0 Å². The molecule has 1 N–H and O–H groups in total. The zero-order valence-corrected chi connectivity index (χ0v) is 12.2. The maximum atomic E-state index is 9.60. The van der Waals surface area contributed by atoms with E-state index in [9.17, 15) is 5.11 Å². The number of pyridine rings is 1. The second kappa shape index (κ2) is 6.68. The lowest BCUT2D eigenvalue weighted by Crippen LogP contribution is -2.14. The molecule has 0 fully saturated rings. The molecule has 2 aromatic rings. The lowest BCUT2D eigenvalue weighted by molar-refractivity contribution is 0.106. The first-order chi connectivity index (χ1) is 9.15. The van der Waals surface area contributed by atoms with Crippen LogP contribution in [0, 0.1) is 0 Å². The van der Waals surface area contributed by atoms with Crippen molar-refractivity contribution in [2.24, 2.45) is 0 Å². The summed E-state index contributed by atoms with van der Waals surface area (Å²) < 4.78 is 6.95. The van der Waals surface area contributed by atoms with Crippen LogP contribution < -0.4 is 4.74 Å². The Morgan fingerprint density at radius 1 is 1.26 bits per heavy atom. The average molecular weight is 322 g/mol. The SMILES string of the molecule is C[C@@H](O)CC(Oc1ccc(Br)cc1)c1cccnc1. The number of aliphatic hydroxyl groups is 1. The van der Waals surface area contributed by atoms with Gasteiger partial charge < -0.3 is 9.84 Å². The van der Waals surface area contributed by atoms with Crippen molar-refractivity contribution in [1.29, 1.82) is 0 Å². The molecule has 4 heteroatoms. The fourth-order valence-electron chi connectivity index (χ4n) is 1.81. The van der Waals surface area contributed by atoms with Crippen LogP contribution in [0.4, 0.5) is 0 Å². The molecular weight excluding hydrogens is 306 g/mol. The van der Waals surface area contributed by atoms with Gasteiger partial charge in [0.2, 0.25) is 0 Å². The zero-order valence-electron chi connectivity index (χ0n) is 10.7. The van der Waals surface area contributed by atoms with Crippen LogP contribution in [0.25, 0.3) is 0 Å². The number of benzene rings is 1. The third kappa shape index (κ3) is 4.33. The summed E-state index contributed by atoms with van der Waals surface area (Å²) in [5, 5.41) is 9.60. The Bertz CT molecular complexity index is 499. The molecule has 1 aromatic heterocycles. The van der Waals surface area contributed by atoms with E-state index < -0.39 is 6.10 Å².